The largest absolute Gasteiger partial charge is 0.393 e. The SMILES string of the molecule is Cc1ccccc1-n1nccc1NC(=O)NCC(C)(C)CC(C)O. The van der Waals surface area contributed by atoms with Crippen LogP contribution in [-0.4, -0.2) is 33.6 Å². The summed E-state index contributed by atoms with van der Waals surface area (Å²) < 4.78 is 1.70. The molecule has 0 saturated carbocycles. The highest BCUT2D eigenvalue weighted by molar-refractivity contribution is 5.88. The van der Waals surface area contributed by atoms with E-state index >= 15 is 0 Å². The summed E-state index contributed by atoms with van der Waals surface area (Å²) in [6.45, 7) is 8.25. The number of aliphatic hydroxyl groups excluding tert-OH is 1. The van der Waals surface area contributed by atoms with E-state index in [4.69, 9.17) is 0 Å². The maximum absolute atomic E-state index is 12.2. The molecule has 0 aliphatic heterocycles. The van der Waals surface area contributed by atoms with Crippen LogP contribution in [-0.2, 0) is 0 Å². The average molecular weight is 330 g/mol. The van der Waals surface area contributed by atoms with Crippen LogP contribution in [0.2, 0.25) is 0 Å². The summed E-state index contributed by atoms with van der Waals surface area (Å²) in [6.07, 6.45) is 1.88. The molecule has 24 heavy (non-hydrogen) atoms. The molecular formula is C18H26N4O2. The standard InChI is InChI=1S/C18H26N4O2/c1-13-7-5-6-8-15(13)22-16(9-10-20-22)21-17(24)19-12-18(3,4)11-14(2)23/h5-10,14,23H,11-12H2,1-4H3,(H2,19,21,24). The van der Waals surface area contributed by atoms with Crippen molar-refractivity contribution in [3.8, 4) is 5.69 Å². The Kier molecular flexibility index (Phi) is 5.62. The van der Waals surface area contributed by atoms with E-state index in [9.17, 15) is 9.90 Å². The van der Waals surface area contributed by atoms with E-state index < -0.39 is 6.10 Å². The fourth-order valence-corrected chi connectivity index (χ4v) is 2.74. The lowest BCUT2D eigenvalue weighted by molar-refractivity contribution is 0.129. The van der Waals surface area contributed by atoms with Gasteiger partial charge in [-0.1, -0.05) is 32.0 Å². The van der Waals surface area contributed by atoms with Crippen LogP contribution in [0.4, 0.5) is 10.6 Å². The highest BCUT2D eigenvalue weighted by Gasteiger charge is 2.21. The summed E-state index contributed by atoms with van der Waals surface area (Å²) in [5.41, 5.74) is 1.82. The fourth-order valence-electron chi connectivity index (χ4n) is 2.74. The number of anilines is 1. The average Bonchev–Trinajstić information content (AvgIpc) is 2.92. The minimum Gasteiger partial charge on any atom is -0.393 e. The minimum atomic E-state index is -0.396. The van der Waals surface area contributed by atoms with Crippen LogP contribution in [0.3, 0.4) is 0 Å². The second kappa shape index (κ2) is 7.49. The highest BCUT2D eigenvalue weighted by Crippen LogP contribution is 2.21. The third-order valence-corrected chi connectivity index (χ3v) is 3.80. The molecule has 130 valence electrons. The van der Waals surface area contributed by atoms with Gasteiger partial charge in [0.1, 0.15) is 5.82 Å². The van der Waals surface area contributed by atoms with Gasteiger partial charge < -0.3 is 10.4 Å². The Bertz CT molecular complexity index is 692. The number of hydrogen-bond acceptors (Lipinski definition) is 3. The van der Waals surface area contributed by atoms with Gasteiger partial charge in [0.05, 0.1) is 18.0 Å². The summed E-state index contributed by atoms with van der Waals surface area (Å²) in [5, 5.41) is 19.5. The number of hydrogen-bond donors (Lipinski definition) is 3. The molecule has 3 N–H and O–H groups in total. The predicted molar refractivity (Wildman–Crippen MR) is 95.4 cm³/mol. The van der Waals surface area contributed by atoms with Gasteiger partial charge in [-0.2, -0.15) is 5.10 Å². The molecule has 0 fully saturated rings. The molecule has 6 heteroatoms. The summed E-state index contributed by atoms with van der Waals surface area (Å²) in [5.74, 6) is 0.607. The predicted octanol–water partition coefficient (Wildman–Crippen LogP) is 3.10. The van der Waals surface area contributed by atoms with Gasteiger partial charge in [-0.15, -0.1) is 0 Å². The number of carbonyl (C=O) groups excluding carboxylic acids is 1. The fraction of sp³-hybridized carbons (Fsp3) is 0.444. The zero-order chi connectivity index (χ0) is 17.7. The van der Waals surface area contributed by atoms with E-state index in [1.807, 2.05) is 45.0 Å². The van der Waals surface area contributed by atoms with Gasteiger partial charge in [-0.05, 0) is 37.3 Å². The van der Waals surface area contributed by atoms with Crippen LogP contribution in [0.5, 0.6) is 0 Å². The zero-order valence-corrected chi connectivity index (χ0v) is 14.7. The van der Waals surface area contributed by atoms with Gasteiger partial charge in [0.25, 0.3) is 0 Å². The molecule has 0 radical (unpaired) electrons. The summed E-state index contributed by atoms with van der Waals surface area (Å²) in [7, 11) is 0. The van der Waals surface area contributed by atoms with Gasteiger partial charge in [0.15, 0.2) is 0 Å². The number of para-hydroxylation sites is 1. The Morgan fingerprint density at radius 1 is 1.33 bits per heavy atom. The van der Waals surface area contributed by atoms with Crippen LogP contribution in [0.1, 0.15) is 32.8 Å². The lowest BCUT2D eigenvalue weighted by atomic mass is 9.87. The Hall–Kier alpha value is -2.34. The van der Waals surface area contributed by atoms with Gasteiger partial charge in [0, 0.05) is 12.6 Å². The lowest BCUT2D eigenvalue weighted by Gasteiger charge is -2.26. The number of carbonyl (C=O) groups is 1. The van der Waals surface area contributed by atoms with Crippen molar-refractivity contribution in [3.05, 3.63) is 42.1 Å². The van der Waals surface area contributed by atoms with Crippen LogP contribution in [0.15, 0.2) is 36.5 Å². The number of aliphatic hydroxyl groups is 1. The molecule has 2 amide bonds. The van der Waals surface area contributed by atoms with Crippen molar-refractivity contribution in [3.63, 3.8) is 0 Å². The molecule has 0 aliphatic rings. The monoisotopic (exact) mass is 330 g/mol. The van der Waals surface area contributed by atoms with Crippen LogP contribution >= 0.6 is 0 Å². The number of rotatable bonds is 6. The van der Waals surface area contributed by atoms with E-state index in [1.54, 1.807) is 23.9 Å². The Morgan fingerprint density at radius 3 is 2.71 bits per heavy atom. The van der Waals surface area contributed by atoms with Crippen molar-refractivity contribution in [2.45, 2.75) is 40.2 Å². The number of aromatic nitrogens is 2. The number of amides is 2. The molecule has 1 unspecified atom stereocenters. The molecule has 1 atom stereocenters. The molecule has 0 bridgehead atoms. The second-order valence-electron chi connectivity index (χ2n) is 6.94. The maximum Gasteiger partial charge on any atom is 0.320 e. The van der Waals surface area contributed by atoms with Gasteiger partial charge >= 0.3 is 6.03 Å². The van der Waals surface area contributed by atoms with Gasteiger partial charge in [-0.3, -0.25) is 5.32 Å². The maximum atomic E-state index is 12.2. The van der Waals surface area contributed by atoms with E-state index in [2.05, 4.69) is 15.7 Å². The van der Waals surface area contributed by atoms with Crippen LogP contribution in [0, 0.1) is 12.3 Å². The molecule has 1 aromatic heterocycles. The molecule has 0 spiro atoms. The first-order valence-corrected chi connectivity index (χ1v) is 8.11. The Balaban J connectivity index is 2.01. The second-order valence-corrected chi connectivity index (χ2v) is 6.94. The quantitative estimate of drug-likeness (QED) is 0.761. The van der Waals surface area contributed by atoms with Crippen LogP contribution in [0.25, 0.3) is 5.69 Å². The number of nitrogens with zero attached hydrogens (tertiary/aromatic N) is 2. The van der Waals surface area contributed by atoms with Crippen LogP contribution < -0.4 is 10.6 Å². The first-order chi connectivity index (χ1) is 11.3. The number of benzene rings is 1. The molecule has 0 saturated heterocycles. The third-order valence-electron chi connectivity index (χ3n) is 3.80. The van der Waals surface area contributed by atoms with E-state index in [1.165, 1.54) is 0 Å². The van der Waals surface area contributed by atoms with Crippen molar-refractivity contribution < 1.29 is 9.90 Å². The smallest absolute Gasteiger partial charge is 0.320 e. The molecular weight excluding hydrogens is 304 g/mol. The molecule has 2 rings (SSSR count). The zero-order valence-electron chi connectivity index (χ0n) is 14.7. The first-order valence-electron chi connectivity index (χ1n) is 8.11. The molecule has 1 aromatic carbocycles. The summed E-state index contributed by atoms with van der Waals surface area (Å²) >= 11 is 0. The van der Waals surface area contributed by atoms with E-state index in [-0.39, 0.29) is 11.4 Å². The summed E-state index contributed by atoms with van der Waals surface area (Å²) in [6, 6.07) is 9.33. The Labute approximate surface area is 142 Å². The number of urea groups is 1. The highest BCUT2D eigenvalue weighted by atomic mass is 16.3. The first kappa shape index (κ1) is 18.0. The van der Waals surface area contributed by atoms with E-state index in [0.717, 1.165) is 11.3 Å². The van der Waals surface area contributed by atoms with Crippen molar-refractivity contribution in [1.82, 2.24) is 15.1 Å². The third kappa shape index (κ3) is 4.83. The van der Waals surface area contributed by atoms with Gasteiger partial charge in [0.2, 0.25) is 0 Å². The summed E-state index contributed by atoms with van der Waals surface area (Å²) in [4.78, 5) is 12.2. The van der Waals surface area contributed by atoms with Crippen molar-refractivity contribution in [2.75, 3.05) is 11.9 Å². The number of aryl methyl sites for hydroxylation is 1. The normalized spacial score (nSPS) is 12.7. The topological polar surface area (TPSA) is 79.2 Å². The number of nitrogens with one attached hydrogen (secondary N) is 2. The molecule has 2 aromatic rings. The lowest BCUT2D eigenvalue weighted by Crippen LogP contribution is -2.38. The van der Waals surface area contributed by atoms with E-state index in [0.29, 0.717) is 18.8 Å². The van der Waals surface area contributed by atoms with Crippen molar-refractivity contribution in [1.29, 1.82) is 0 Å². The Morgan fingerprint density at radius 2 is 2.04 bits per heavy atom. The van der Waals surface area contributed by atoms with Gasteiger partial charge in [-0.25, -0.2) is 9.48 Å². The van der Waals surface area contributed by atoms with Crippen molar-refractivity contribution in [2.24, 2.45) is 5.41 Å². The molecule has 1 heterocycles. The molecule has 6 nitrogen and oxygen atoms in total. The molecule has 0 aliphatic carbocycles. The van der Waals surface area contributed by atoms with Crippen molar-refractivity contribution >= 4 is 11.8 Å². The minimum absolute atomic E-state index is 0.179.